The number of ether oxygens (including phenoxy) is 1. The van der Waals surface area contributed by atoms with Gasteiger partial charge in [-0.1, -0.05) is 23.7 Å². The summed E-state index contributed by atoms with van der Waals surface area (Å²) < 4.78 is 11.8. The van der Waals surface area contributed by atoms with Gasteiger partial charge in [-0.05, 0) is 67.6 Å². The molecule has 1 fully saturated rings. The van der Waals surface area contributed by atoms with Crippen LogP contribution in [0.1, 0.15) is 51.7 Å². The minimum atomic E-state index is -0.517. The van der Waals surface area contributed by atoms with E-state index in [1.807, 2.05) is 38.1 Å². The van der Waals surface area contributed by atoms with Crippen LogP contribution in [0.2, 0.25) is 5.02 Å². The Kier molecular flexibility index (Phi) is 4.68. The maximum atomic E-state index is 13.6. The predicted octanol–water partition coefficient (Wildman–Crippen LogP) is 4.79. The van der Waals surface area contributed by atoms with Crippen LogP contribution in [0.25, 0.3) is 11.0 Å². The lowest BCUT2D eigenvalue weighted by Gasteiger charge is -2.27. The van der Waals surface area contributed by atoms with Crippen LogP contribution < -0.4 is 5.43 Å². The van der Waals surface area contributed by atoms with Crippen molar-refractivity contribution in [1.82, 2.24) is 4.90 Å². The number of fused-ring (bicyclic) bond motifs is 2. The zero-order valence-electron chi connectivity index (χ0n) is 16.9. The van der Waals surface area contributed by atoms with Crippen LogP contribution in [-0.4, -0.2) is 30.1 Å². The topological polar surface area (TPSA) is 59.8 Å². The summed E-state index contributed by atoms with van der Waals surface area (Å²) in [7, 11) is 0. The highest BCUT2D eigenvalue weighted by Crippen LogP contribution is 2.39. The van der Waals surface area contributed by atoms with Crippen LogP contribution in [0.5, 0.6) is 0 Å². The van der Waals surface area contributed by atoms with Gasteiger partial charge in [0.05, 0.1) is 23.1 Å². The average molecular weight is 424 g/mol. The van der Waals surface area contributed by atoms with Gasteiger partial charge in [-0.15, -0.1) is 0 Å². The Bertz CT molecular complexity index is 1210. The van der Waals surface area contributed by atoms with Gasteiger partial charge in [0.1, 0.15) is 5.58 Å². The van der Waals surface area contributed by atoms with Gasteiger partial charge < -0.3 is 14.1 Å². The maximum absolute atomic E-state index is 13.6. The second kappa shape index (κ2) is 7.25. The van der Waals surface area contributed by atoms with Crippen LogP contribution in [-0.2, 0) is 4.74 Å². The Morgan fingerprint density at radius 1 is 1.10 bits per heavy atom. The minimum Gasteiger partial charge on any atom is -0.450 e. The third-order valence-electron chi connectivity index (χ3n) is 6.19. The van der Waals surface area contributed by atoms with Crippen molar-refractivity contribution in [3.63, 3.8) is 0 Å². The Morgan fingerprint density at radius 2 is 1.83 bits per heavy atom. The van der Waals surface area contributed by atoms with Crippen molar-refractivity contribution in [1.29, 1.82) is 0 Å². The average Bonchev–Trinajstić information content (AvgIpc) is 3.33. The molecular formula is C24H22ClNO4. The van der Waals surface area contributed by atoms with Crippen molar-refractivity contribution in [2.45, 2.75) is 38.8 Å². The Morgan fingerprint density at radius 3 is 2.53 bits per heavy atom. The van der Waals surface area contributed by atoms with Gasteiger partial charge in [-0.2, -0.15) is 0 Å². The van der Waals surface area contributed by atoms with E-state index in [9.17, 15) is 9.59 Å². The van der Waals surface area contributed by atoms with Gasteiger partial charge in [0.2, 0.25) is 5.76 Å². The molecule has 2 atom stereocenters. The van der Waals surface area contributed by atoms with E-state index in [0.29, 0.717) is 34.7 Å². The Labute approximate surface area is 179 Å². The summed E-state index contributed by atoms with van der Waals surface area (Å²) in [4.78, 5) is 28.7. The van der Waals surface area contributed by atoms with Crippen molar-refractivity contribution < 1.29 is 13.9 Å². The summed E-state index contributed by atoms with van der Waals surface area (Å²) in [6.45, 7) is 5.05. The molecule has 2 aliphatic heterocycles. The van der Waals surface area contributed by atoms with E-state index in [1.165, 1.54) is 0 Å². The van der Waals surface area contributed by atoms with E-state index >= 15 is 0 Å². The minimum absolute atomic E-state index is 0.0351. The molecule has 1 saturated heterocycles. The molecule has 0 bridgehead atoms. The fraction of sp³-hybridized carbons (Fsp3) is 0.333. The number of hydrogen-bond acceptors (Lipinski definition) is 4. The summed E-state index contributed by atoms with van der Waals surface area (Å²) in [6, 6.07) is 10.4. The summed E-state index contributed by atoms with van der Waals surface area (Å²) >= 11 is 6.08. The predicted molar refractivity (Wildman–Crippen MR) is 115 cm³/mol. The molecule has 5 nitrogen and oxygen atoms in total. The van der Waals surface area contributed by atoms with Gasteiger partial charge in [0, 0.05) is 18.2 Å². The molecule has 0 saturated carbocycles. The zero-order valence-corrected chi connectivity index (χ0v) is 17.7. The fourth-order valence-electron chi connectivity index (χ4n) is 4.46. The highest BCUT2D eigenvalue weighted by Gasteiger charge is 2.43. The highest BCUT2D eigenvalue weighted by atomic mass is 35.5. The molecule has 1 amide bonds. The van der Waals surface area contributed by atoms with Gasteiger partial charge in [-0.3, -0.25) is 9.59 Å². The molecule has 30 heavy (non-hydrogen) atoms. The van der Waals surface area contributed by atoms with E-state index in [2.05, 4.69) is 0 Å². The van der Waals surface area contributed by atoms with Crippen LogP contribution in [0.3, 0.4) is 0 Å². The van der Waals surface area contributed by atoms with Crippen molar-refractivity contribution >= 4 is 28.5 Å². The molecule has 6 heteroatoms. The molecule has 0 spiro atoms. The van der Waals surface area contributed by atoms with Crippen molar-refractivity contribution in [2.24, 2.45) is 0 Å². The number of aryl methyl sites for hydroxylation is 2. The number of carbonyl (C=O) groups is 1. The smallest absolute Gasteiger partial charge is 0.291 e. The first-order chi connectivity index (χ1) is 14.4. The van der Waals surface area contributed by atoms with E-state index in [-0.39, 0.29) is 23.2 Å². The highest BCUT2D eigenvalue weighted by molar-refractivity contribution is 6.30. The molecule has 154 valence electrons. The van der Waals surface area contributed by atoms with E-state index in [0.717, 1.165) is 29.5 Å². The van der Waals surface area contributed by atoms with Crippen molar-refractivity contribution in [2.75, 3.05) is 13.2 Å². The Balaban J connectivity index is 1.72. The summed E-state index contributed by atoms with van der Waals surface area (Å²) in [5.41, 5.74) is 3.55. The Hall–Kier alpha value is -2.63. The molecule has 0 unspecified atom stereocenters. The van der Waals surface area contributed by atoms with E-state index in [1.54, 1.807) is 17.0 Å². The van der Waals surface area contributed by atoms with Crippen molar-refractivity contribution in [3.05, 3.63) is 79.7 Å². The van der Waals surface area contributed by atoms with Gasteiger partial charge >= 0.3 is 0 Å². The van der Waals surface area contributed by atoms with Gasteiger partial charge in [0.25, 0.3) is 5.91 Å². The molecule has 0 radical (unpaired) electrons. The number of benzene rings is 2. The first kappa shape index (κ1) is 19.3. The van der Waals surface area contributed by atoms with Gasteiger partial charge in [0.15, 0.2) is 5.43 Å². The number of amides is 1. The van der Waals surface area contributed by atoms with Crippen molar-refractivity contribution in [3.8, 4) is 0 Å². The molecule has 2 aliphatic rings. The lowest BCUT2D eigenvalue weighted by molar-refractivity contribution is 0.0486. The normalized spacial score (nSPS) is 20.9. The molecule has 1 aromatic heterocycles. The lowest BCUT2D eigenvalue weighted by atomic mass is 9.97. The lowest BCUT2D eigenvalue weighted by Crippen LogP contribution is -2.36. The fourth-order valence-corrected chi connectivity index (χ4v) is 4.59. The molecule has 0 N–H and O–H groups in total. The number of nitrogens with zero attached hydrogens (tertiary/aromatic N) is 1. The molecular weight excluding hydrogens is 402 g/mol. The molecule has 5 rings (SSSR count). The van der Waals surface area contributed by atoms with E-state index in [4.69, 9.17) is 20.8 Å². The zero-order chi connectivity index (χ0) is 21.0. The standard InChI is InChI=1S/C24H22ClNO4/c1-13-10-18-19(11-14(13)2)30-23-20(22(18)27)21(15-5-7-16(25)8-6-15)26(24(23)28)12-17-4-3-9-29-17/h5-8,10-11,17,21H,3-4,9,12H2,1-2H3/t17-,21-/m0/s1. The molecule has 3 aromatic rings. The third-order valence-corrected chi connectivity index (χ3v) is 6.44. The summed E-state index contributed by atoms with van der Waals surface area (Å²) in [5.74, 6) is -0.133. The largest absolute Gasteiger partial charge is 0.450 e. The first-order valence-electron chi connectivity index (χ1n) is 10.2. The number of carbonyl (C=O) groups excluding carboxylic acids is 1. The molecule has 2 aromatic carbocycles. The monoisotopic (exact) mass is 423 g/mol. The maximum Gasteiger partial charge on any atom is 0.291 e. The number of rotatable bonds is 3. The first-order valence-corrected chi connectivity index (χ1v) is 10.6. The third kappa shape index (κ3) is 3.04. The second-order valence-electron chi connectivity index (χ2n) is 8.15. The van der Waals surface area contributed by atoms with Crippen LogP contribution in [0, 0.1) is 13.8 Å². The van der Waals surface area contributed by atoms with Crippen LogP contribution in [0.15, 0.2) is 45.6 Å². The van der Waals surface area contributed by atoms with Crippen LogP contribution >= 0.6 is 11.6 Å². The summed E-state index contributed by atoms with van der Waals surface area (Å²) in [5, 5.41) is 1.10. The summed E-state index contributed by atoms with van der Waals surface area (Å²) in [6.07, 6.45) is 1.84. The second-order valence-corrected chi connectivity index (χ2v) is 8.59. The number of hydrogen-bond donors (Lipinski definition) is 0. The molecule has 3 heterocycles. The van der Waals surface area contributed by atoms with Crippen LogP contribution in [0.4, 0.5) is 0 Å². The quantitative estimate of drug-likeness (QED) is 0.607. The SMILES string of the molecule is Cc1cc2oc3c(c(=O)c2cc1C)[C@H](c1ccc(Cl)cc1)N(C[C@@H]1CCCO1)C3=O. The van der Waals surface area contributed by atoms with E-state index < -0.39 is 6.04 Å². The van der Waals surface area contributed by atoms with Gasteiger partial charge in [-0.25, -0.2) is 0 Å². The molecule has 0 aliphatic carbocycles. The number of halogens is 1.